The van der Waals surface area contributed by atoms with Crippen molar-refractivity contribution >= 4 is 17.6 Å². The van der Waals surface area contributed by atoms with Gasteiger partial charge >= 0.3 is 11.9 Å². The fraction of sp³-hybridized carbons (Fsp3) is 0.273. The number of esters is 2. The molecule has 7 nitrogen and oxygen atoms in total. The minimum atomic E-state index is -0.631. The largest absolute Gasteiger partial charge is 0.489 e. The maximum Gasteiger partial charge on any atom is 0.355 e. The average Bonchev–Trinajstić information content (AvgIpc) is 2.77. The molecule has 0 saturated heterocycles. The van der Waals surface area contributed by atoms with Gasteiger partial charge in [-0.2, -0.15) is 0 Å². The molecule has 152 valence electrons. The van der Waals surface area contributed by atoms with E-state index in [9.17, 15) is 9.59 Å². The van der Waals surface area contributed by atoms with Crippen LogP contribution in [0.4, 0.5) is 5.69 Å². The zero-order chi connectivity index (χ0) is 20.8. The van der Waals surface area contributed by atoms with Gasteiger partial charge < -0.3 is 23.8 Å². The third kappa shape index (κ3) is 4.75. The van der Waals surface area contributed by atoms with E-state index in [4.69, 9.17) is 18.9 Å². The van der Waals surface area contributed by atoms with Gasteiger partial charge in [-0.1, -0.05) is 29.8 Å². The van der Waals surface area contributed by atoms with Gasteiger partial charge in [0.05, 0.1) is 26.4 Å². The van der Waals surface area contributed by atoms with Gasteiger partial charge in [-0.05, 0) is 36.8 Å². The van der Waals surface area contributed by atoms with Gasteiger partial charge in [0.1, 0.15) is 24.8 Å². The Bertz CT molecular complexity index is 902. The molecule has 0 fully saturated rings. The van der Waals surface area contributed by atoms with E-state index in [1.54, 1.807) is 29.2 Å². The standard InChI is InChI=1S/C22H23NO6/c1-15-4-6-16(7-5-15)12-29-18-10-8-17(9-11-18)23-14-28-13-19(21(24)26-2)20(23)22(25)27-3/h4-11H,12-14H2,1-3H3. The van der Waals surface area contributed by atoms with Crippen LogP contribution >= 0.6 is 0 Å². The molecule has 3 rings (SSSR count). The molecule has 29 heavy (non-hydrogen) atoms. The number of ether oxygens (including phenoxy) is 4. The summed E-state index contributed by atoms with van der Waals surface area (Å²) in [5.41, 5.74) is 3.16. The molecule has 0 unspecified atom stereocenters. The Balaban J connectivity index is 1.79. The molecule has 1 aliphatic heterocycles. The lowest BCUT2D eigenvalue weighted by molar-refractivity contribution is -0.140. The SMILES string of the molecule is COC(=O)C1=C(C(=O)OC)N(c2ccc(OCc3ccc(C)cc3)cc2)COC1. The molecule has 0 radical (unpaired) electrons. The second-order valence-corrected chi connectivity index (χ2v) is 6.48. The zero-order valence-electron chi connectivity index (χ0n) is 16.6. The molecule has 0 aromatic heterocycles. The van der Waals surface area contributed by atoms with Crippen molar-refractivity contribution in [3.8, 4) is 5.75 Å². The van der Waals surface area contributed by atoms with Gasteiger partial charge in [0.25, 0.3) is 0 Å². The van der Waals surface area contributed by atoms with E-state index in [1.807, 2.05) is 31.2 Å². The van der Waals surface area contributed by atoms with Crippen molar-refractivity contribution in [3.05, 3.63) is 70.9 Å². The highest BCUT2D eigenvalue weighted by atomic mass is 16.5. The van der Waals surface area contributed by atoms with Crippen LogP contribution in [0.5, 0.6) is 5.75 Å². The Hall–Kier alpha value is -3.32. The first-order valence-corrected chi connectivity index (χ1v) is 9.07. The highest BCUT2D eigenvalue weighted by molar-refractivity contribution is 6.03. The molecule has 2 aromatic carbocycles. The van der Waals surface area contributed by atoms with Gasteiger partial charge in [0, 0.05) is 5.69 Å². The predicted octanol–water partition coefficient (Wildman–Crippen LogP) is 2.97. The number of methoxy groups -OCH3 is 2. The summed E-state index contributed by atoms with van der Waals surface area (Å²) in [5.74, 6) is -0.578. The number of benzene rings is 2. The second kappa shape index (κ2) is 9.25. The molecule has 1 heterocycles. The molecule has 0 spiro atoms. The van der Waals surface area contributed by atoms with E-state index < -0.39 is 11.9 Å². The fourth-order valence-electron chi connectivity index (χ4n) is 2.92. The Labute approximate surface area is 169 Å². The fourth-order valence-corrected chi connectivity index (χ4v) is 2.92. The van der Waals surface area contributed by atoms with Crippen LogP contribution in [0.1, 0.15) is 11.1 Å². The summed E-state index contributed by atoms with van der Waals surface area (Å²) < 4.78 is 20.9. The van der Waals surface area contributed by atoms with E-state index in [-0.39, 0.29) is 24.6 Å². The first-order chi connectivity index (χ1) is 14.0. The lowest BCUT2D eigenvalue weighted by Crippen LogP contribution is -2.38. The lowest BCUT2D eigenvalue weighted by atomic mass is 10.1. The Morgan fingerprint density at radius 2 is 1.62 bits per heavy atom. The number of hydrogen-bond acceptors (Lipinski definition) is 7. The number of rotatable bonds is 6. The maximum atomic E-state index is 12.3. The quantitative estimate of drug-likeness (QED) is 0.694. The van der Waals surface area contributed by atoms with Crippen LogP contribution < -0.4 is 9.64 Å². The van der Waals surface area contributed by atoms with E-state index in [1.165, 1.54) is 19.8 Å². The van der Waals surface area contributed by atoms with E-state index in [0.717, 1.165) is 5.56 Å². The van der Waals surface area contributed by atoms with Gasteiger partial charge in [-0.3, -0.25) is 0 Å². The van der Waals surface area contributed by atoms with E-state index in [2.05, 4.69) is 0 Å². The molecule has 0 aliphatic carbocycles. The Morgan fingerprint density at radius 1 is 0.966 bits per heavy atom. The molecule has 0 N–H and O–H groups in total. The van der Waals surface area contributed by atoms with Gasteiger partial charge in [-0.15, -0.1) is 0 Å². The molecular weight excluding hydrogens is 374 g/mol. The molecule has 0 amide bonds. The summed E-state index contributed by atoms with van der Waals surface area (Å²) in [6.07, 6.45) is 0. The van der Waals surface area contributed by atoms with Gasteiger partial charge in [0.2, 0.25) is 0 Å². The zero-order valence-corrected chi connectivity index (χ0v) is 16.6. The Kier molecular flexibility index (Phi) is 6.51. The van der Waals surface area contributed by atoms with Crippen molar-refractivity contribution < 1.29 is 28.5 Å². The van der Waals surface area contributed by atoms with Crippen LogP contribution in [0.15, 0.2) is 59.8 Å². The first-order valence-electron chi connectivity index (χ1n) is 9.07. The average molecular weight is 397 g/mol. The van der Waals surface area contributed by atoms with Gasteiger partial charge in [0.15, 0.2) is 0 Å². The summed E-state index contributed by atoms with van der Waals surface area (Å²) in [7, 11) is 2.52. The van der Waals surface area contributed by atoms with Crippen molar-refractivity contribution in [3.63, 3.8) is 0 Å². The van der Waals surface area contributed by atoms with Crippen LogP contribution in [0.2, 0.25) is 0 Å². The lowest BCUT2D eigenvalue weighted by Gasteiger charge is -2.31. The third-order valence-electron chi connectivity index (χ3n) is 4.51. The summed E-state index contributed by atoms with van der Waals surface area (Å²) in [5, 5.41) is 0. The molecular formula is C22H23NO6. The normalized spacial score (nSPS) is 13.8. The minimum absolute atomic E-state index is 0.0225. The highest BCUT2D eigenvalue weighted by Crippen LogP contribution is 2.28. The molecule has 1 aliphatic rings. The van der Waals surface area contributed by atoms with Gasteiger partial charge in [-0.25, -0.2) is 9.59 Å². The number of nitrogens with zero attached hydrogens (tertiary/aromatic N) is 1. The number of anilines is 1. The van der Waals surface area contributed by atoms with Crippen molar-refractivity contribution in [1.82, 2.24) is 0 Å². The molecule has 2 aromatic rings. The first kappa shape index (κ1) is 20.4. The summed E-state index contributed by atoms with van der Waals surface area (Å²) in [4.78, 5) is 26.0. The smallest absolute Gasteiger partial charge is 0.355 e. The monoisotopic (exact) mass is 397 g/mol. The topological polar surface area (TPSA) is 74.3 Å². The van der Waals surface area contributed by atoms with Crippen LogP contribution in [0, 0.1) is 6.92 Å². The van der Waals surface area contributed by atoms with Crippen molar-refractivity contribution in [2.45, 2.75) is 13.5 Å². The van der Waals surface area contributed by atoms with Crippen molar-refractivity contribution in [2.75, 3.05) is 32.5 Å². The summed E-state index contributed by atoms with van der Waals surface area (Å²) >= 11 is 0. The summed E-state index contributed by atoms with van der Waals surface area (Å²) in [6.45, 7) is 2.57. The molecule has 0 bridgehead atoms. The molecule has 0 saturated carbocycles. The molecule has 7 heteroatoms. The van der Waals surface area contributed by atoms with Crippen molar-refractivity contribution in [1.29, 1.82) is 0 Å². The van der Waals surface area contributed by atoms with Crippen LogP contribution in [0.3, 0.4) is 0 Å². The van der Waals surface area contributed by atoms with Crippen LogP contribution in [-0.2, 0) is 30.4 Å². The van der Waals surface area contributed by atoms with E-state index in [0.29, 0.717) is 18.0 Å². The van der Waals surface area contributed by atoms with Crippen LogP contribution in [-0.4, -0.2) is 39.5 Å². The van der Waals surface area contributed by atoms with Crippen molar-refractivity contribution in [2.24, 2.45) is 0 Å². The summed E-state index contributed by atoms with van der Waals surface area (Å²) in [6, 6.07) is 15.3. The minimum Gasteiger partial charge on any atom is -0.489 e. The highest BCUT2D eigenvalue weighted by Gasteiger charge is 2.32. The number of carbonyl (C=O) groups excluding carboxylic acids is 2. The third-order valence-corrected chi connectivity index (χ3v) is 4.51. The number of aryl methyl sites for hydroxylation is 1. The maximum absolute atomic E-state index is 12.3. The second-order valence-electron chi connectivity index (χ2n) is 6.48. The molecule has 0 atom stereocenters. The predicted molar refractivity (Wildman–Crippen MR) is 106 cm³/mol. The number of hydrogen-bond donors (Lipinski definition) is 0. The Morgan fingerprint density at radius 3 is 2.24 bits per heavy atom. The number of carbonyl (C=O) groups is 2. The van der Waals surface area contributed by atoms with E-state index >= 15 is 0 Å². The van der Waals surface area contributed by atoms with Crippen LogP contribution in [0.25, 0.3) is 0 Å².